The number of rotatable bonds is 9. The van der Waals surface area contributed by atoms with Crippen LogP contribution in [0.25, 0.3) is 0 Å². The molecule has 2 N–H and O–H groups in total. The van der Waals surface area contributed by atoms with Gasteiger partial charge in [0.05, 0.1) is 0 Å². The number of nitrogens with one attached hydrogen (secondary N) is 1. The van der Waals surface area contributed by atoms with E-state index in [0.717, 1.165) is 31.8 Å². The van der Waals surface area contributed by atoms with Gasteiger partial charge < -0.3 is 10.4 Å². The molecule has 2 heteroatoms. The number of aliphatic hydroxyl groups excluding tert-OH is 1. The molecule has 0 rings (SSSR count). The minimum absolute atomic E-state index is 0.340. The molecular formula is C11H25NO. The van der Waals surface area contributed by atoms with Gasteiger partial charge in [-0.05, 0) is 38.3 Å². The highest BCUT2D eigenvalue weighted by atomic mass is 16.2. The summed E-state index contributed by atoms with van der Waals surface area (Å²) in [6.45, 7) is 7.11. The summed E-state index contributed by atoms with van der Waals surface area (Å²) in [7, 11) is 0. The van der Waals surface area contributed by atoms with Gasteiger partial charge in [0.1, 0.15) is 0 Å². The molecule has 0 aliphatic rings. The van der Waals surface area contributed by atoms with Crippen LogP contribution in [0.4, 0.5) is 0 Å². The highest BCUT2D eigenvalue weighted by Gasteiger charge is 2.00. The standard InChI is InChI=1S/C11H25NO/c1-3-11(4-2)10-12-8-6-5-7-9-13/h11-13H,3-10H2,1-2H3. The fraction of sp³-hybridized carbons (Fsp3) is 1.00. The van der Waals surface area contributed by atoms with E-state index in [2.05, 4.69) is 19.2 Å². The quantitative estimate of drug-likeness (QED) is 0.542. The van der Waals surface area contributed by atoms with Gasteiger partial charge in [-0.2, -0.15) is 0 Å². The molecule has 0 radical (unpaired) electrons. The second-order valence-corrected chi connectivity index (χ2v) is 3.67. The Hall–Kier alpha value is -0.0800. The fourth-order valence-electron chi connectivity index (χ4n) is 1.42. The molecule has 0 spiro atoms. The third kappa shape index (κ3) is 8.26. The Morgan fingerprint density at radius 3 is 2.31 bits per heavy atom. The highest BCUT2D eigenvalue weighted by Crippen LogP contribution is 2.05. The Labute approximate surface area is 82.7 Å². The van der Waals surface area contributed by atoms with Gasteiger partial charge in [-0.3, -0.25) is 0 Å². The summed E-state index contributed by atoms with van der Waals surface area (Å²) in [4.78, 5) is 0. The molecule has 13 heavy (non-hydrogen) atoms. The zero-order chi connectivity index (χ0) is 9.94. The lowest BCUT2D eigenvalue weighted by molar-refractivity contribution is 0.282. The number of unbranched alkanes of at least 4 members (excludes halogenated alkanes) is 2. The molecule has 80 valence electrons. The molecule has 0 aliphatic heterocycles. The van der Waals surface area contributed by atoms with Crippen molar-refractivity contribution < 1.29 is 5.11 Å². The molecule has 0 aliphatic carbocycles. The van der Waals surface area contributed by atoms with Crippen LogP contribution in [0.1, 0.15) is 46.0 Å². The molecule has 0 unspecified atom stereocenters. The van der Waals surface area contributed by atoms with Crippen LogP contribution < -0.4 is 5.32 Å². The van der Waals surface area contributed by atoms with Crippen molar-refractivity contribution in [2.24, 2.45) is 5.92 Å². The Bertz CT molecular complexity index is 92.1. The van der Waals surface area contributed by atoms with E-state index in [1.165, 1.54) is 19.3 Å². The number of aliphatic hydroxyl groups is 1. The third-order valence-electron chi connectivity index (χ3n) is 2.60. The van der Waals surface area contributed by atoms with Crippen molar-refractivity contribution in [1.82, 2.24) is 5.32 Å². The molecule has 0 atom stereocenters. The van der Waals surface area contributed by atoms with Crippen molar-refractivity contribution in [3.05, 3.63) is 0 Å². The SMILES string of the molecule is CCC(CC)CNCCCCCO. The second kappa shape index (κ2) is 10.0. The van der Waals surface area contributed by atoms with Crippen molar-refractivity contribution in [3.8, 4) is 0 Å². The van der Waals surface area contributed by atoms with Gasteiger partial charge in [-0.1, -0.05) is 26.7 Å². The average Bonchev–Trinajstić information content (AvgIpc) is 2.17. The normalized spacial score (nSPS) is 11.1. The highest BCUT2D eigenvalue weighted by molar-refractivity contribution is 4.58. The van der Waals surface area contributed by atoms with Gasteiger partial charge in [0.15, 0.2) is 0 Å². The number of hydrogen-bond donors (Lipinski definition) is 2. The molecule has 0 amide bonds. The predicted octanol–water partition coefficient (Wildman–Crippen LogP) is 2.17. The topological polar surface area (TPSA) is 32.3 Å². The zero-order valence-corrected chi connectivity index (χ0v) is 9.18. The lowest BCUT2D eigenvalue weighted by Crippen LogP contribution is -2.23. The van der Waals surface area contributed by atoms with Gasteiger partial charge in [-0.15, -0.1) is 0 Å². The summed E-state index contributed by atoms with van der Waals surface area (Å²) in [6, 6.07) is 0. The monoisotopic (exact) mass is 187 g/mol. The van der Waals surface area contributed by atoms with Crippen LogP contribution in [-0.2, 0) is 0 Å². The van der Waals surface area contributed by atoms with Gasteiger partial charge >= 0.3 is 0 Å². The molecule has 0 aromatic carbocycles. The smallest absolute Gasteiger partial charge is 0.0431 e. The van der Waals surface area contributed by atoms with Crippen LogP contribution in [0.2, 0.25) is 0 Å². The summed E-state index contributed by atoms with van der Waals surface area (Å²) in [6.07, 6.45) is 5.85. The lowest BCUT2D eigenvalue weighted by Gasteiger charge is -2.12. The molecule has 0 aromatic heterocycles. The molecule has 0 saturated heterocycles. The molecule has 0 bridgehead atoms. The first-order chi connectivity index (χ1) is 6.35. The Balaban J connectivity index is 3.05. The van der Waals surface area contributed by atoms with E-state index in [1.54, 1.807) is 0 Å². The minimum Gasteiger partial charge on any atom is -0.396 e. The van der Waals surface area contributed by atoms with E-state index in [-0.39, 0.29) is 0 Å². The van der Waals surface area contributed by atoms with E-state index >= 15 is 0 Å². The summed E-state index contributed by atoms with van der Waals surface area (Å²) < 4.78 is 0. The van der Waals surface area contributed by atoms with E-state index in [0.29, 0.717) is 6.61 Å². The number of hydrogen-bond acceptors (Lipinski definition) is 2. The van der Waals surface area contributed by atoms with Gasteiger partial charge in [0.2, 0.25) is 0 Å². The summed E-state index contributed by atoms with van der Waals surface area (Å²) in [5, 5.41) is 12.0. The van der Waals surface area contributed by atoms with E-state index in [1.807, 2.05) is 0 Å². The van der Waals surface area contributed by atoms with Crippen LogP contribution >= 0.6 is 0 Å². The van der Waals surface area contributed by atoms with Crippen LogP contribution in [0.3, 0.4) is 0 Å². The minimum atomic E-state index is 0.340. The third-order valence-corrected chi connectivity index (χ3v) is 2.60. The largest absolute Gasteiger partial charge is 0.396 e. The summed E-state index contributed by atoms with van der Waals surface area (Å²) >= 11 is 0. The van der Waals surface area contributed by atoms with Crippen LogP contribution in [-0.4, -0.2) is 24.8 Å². The van der Waals surface area contributed by atoms with E-state index in [4.69, 9.17) is 5.11 Å². The van der Waals surface area contributed by atoms with Crippen molar-refractivity contribution >= 4 is 0 Å². The maximum atomic E-state index is 8.57. The summed E-state index contributed by atoms with van der Waals surface area (Å²) in [5.74, 6) is 0.845. The fourth-order valence-corrected chi connectivity index (χ4v) is 1.42. The Morgan fingerprint density at radius 1 is 1.08 bits per heavy atom. The average molecular weight is 187 g/mol. The Kier molecular flexibility index (Phi) is 9.94. The first-order valence-corrected chi connectivity index (χ1v) is 5.66. The lowest BCUT2D eigenvalue weighted by atomic mass is 10.0. The molecule has 0 saturated carbocycles. The molecule has 2 nitrogen and oxygen atoms in total. The van der Waals surface area contributed by atoms with Crippen LogP contribution in [0.5, 0.6) is 0 Å². The van der Waals surface area contributed by atoms with Crippen LogP contribution in [0.15, 0.2) is 0 Å². The van der Waals surface area contributed by atoms with Crippen molar-refractivity contribution in [3.63, 3.8) is 0 Å². The Morgan fingerprint density at radius 2 is 1.77 bits per heavy atom. The van der Waals surface area contributed by atoms with Gasteiger partial charge in [0, 0.05) is 6.61 Å². The van der Waals surface area contributed by atoms with E-state index in [9.17, 15) is 0 Å². The van der Waals surface area contributed by atoms with Gasteiger partial charge in [0.25, 0.3) is 0 Å². The van der Waals surface area contributed by atoms with Crippen molar-refractivity contribution in [1.29, 1.82) is 0 Å². The summed E-state index contributed by atoms with van der Waals surface area (Å²) in [5.41, 5.74) is 0. The van der Waals surface area contributed by atoms with Crippen molar-refractivity contribution in [2.75, 3.05) is 19.7 Å². The van der Waals surface area contributed by atoms with Crippen LogP contribution in [0, 0.1) is 5.92 Å². The van der Waals surface area contributed by atoms with Gasteiger partial charge in [-0.25, -0.2) is 0 Å². The maximum absolute atomic E-state index is 8.57. The first kappa shape index (κ1) is 12.9. The second-order valence-electron chi connectivity index (χ2n) is 3.67. The maximum Gasteiger partial charge on any atom is 0.0431 e. The zero-order valence-electron chi connectivity index (χ0n) is 9.18. The molecule has 0 aromatic rings. The molecule has 0 heterocycles. The molecular weight excluding hydrogens is 162 g/mol. The molecule has 0 fully saturated rings. The first-order valence-electron chi connectivity index (χ1n) is 5.66. The van der Waals surface area contributed by atoms with E-state index < -0.39 is 0 Å². The predicted molar refractivity (Wildman–Crippen MR) is 57.9 cm³/mol. The van der Waals surface area contributed by atoms with Crippen molar-refractivity contribution in [2.45, 2.75) is 46.0 Å².